The zero-order chi connectivity index (χ0) is 43.6. The lowest BCUT2D eigenvalue weighted by atomic mass is 9.84. The van der Waals surface area contributed by atoms with Gasteiger partial charge in [-0.15, -0.1) is 0 Å². The van der Waals surface area contributed by atoms with Crippen molar-refractivity contribution in [3.8, 4) is 0 Å². The van der Waals surface area contributed by atoms with E-state index in [1.165, 1.54) is 276 Å². The van der Waals surface area contributed by atoms with Crippen LogP contribution < -0.4 is 0 Å². The number of ether oxygens (including phenoxy) is 1. The molecule has 0 aliphatic carbocycles. The Hall–Kier alpha value is -0.380. The number of aliphatic hydroxyl groups excluding tert-OH is 2. The van der Waals surface area contributed by atoms with Gasteiger partial charge in [0.2, 0.25) is 0 Å². The maximum Gasteiger partial charge on any atom is 0.106 e. The maximum absolute atomic E-state index is 11.3. The lowest BCUT2D eigenvalue weighted by Crippen LogP contribution is -2.47. The van der Waals surface area contributed by atoms with Crippen LogP contribution in [-0.2, 0) is 4.74 Å². The molecule has 0 aromatic rings. The zero-order valence-corrected chi connectivity index (χ0v) is 41.9. The standard InChI is InChI=1S/C57H114O3/c1-4-7-10-13-16-19-22-25-28-31-34-37-40-43-46-49-52-57(56(59)55-58,53-50-47-44-41-38-35-32-29-26-23-20-17-14-11-8-5-2)60-54-51-48-45-42-39-36-33-30-27-24-21-18-15-12-9-6-3/h25,28,56,58-59H,4-24,26-27,29-55H2,1-3H3. The average molecular weight is 848 g/mol. The molecular formula is C57H114O3. The molecule has 0 aliphatic heterocycles. The molecule has 2 unspecified atom stereocenters. The third-order valence-electron chi connectivity index (χ3n) is 13.7. The van der Waals surface area contributed by atoms with Gasteiger partial charge in [0.05, 0.1) is 12.2 Å². The van der Waals surface area contributed by atoms with E-state index in [1.54, 1.807) is 0 Å². The highest BCUT2D eigenvalue weighted by molar-refractivity contribution is 4.89. The van der Waals surface area contributed by atoms with Gasteiger partial charge in [-0.2, -0.15) is 0 Å². The van der Waals surface area contributed by atoms with Crippen LogP contribution in [0.5, 0.6) is 0 Å². The van der Waals surface area contributed by atoms with Crippen molar-refractivity contribution in [2.75, 3.05) is 13.2 Å². The van der Waals surface area contributed by atoms with Crippen molar-refractivity contribution in [3.05, 3.63) is 12.2 Å². The molecule has 0 radical (unpaired) electrons. The van der Waals surface area contributed by atoms with Gasteiger partial charge in [0.25, 0.3) is 0 Å². The molecule has 0 spiro atoms. The first-order chi connectivity index (χ1) is 29.7. The first-order valence-electron chi connectivity index (χ1n) is 28.2. The van der Waals surface area contributed by atoms with Crippen molar-refractivity contribution in [1.82, 2.24) is 0 Å². The lowest BCUT2D eigenvalue weighted by molar-refractivity contribution is -0.148. The van der Waals surface area contributed by atoms with Crippen molar-refractivity contribution < 1.29 is 14.9 Å². The second kappa shape index (κ2) is 51.3. The van der Waals surface area contributed by atoms with Gasteiger partial charge in [-0.1, -0.05) is 296 Å². The van der Waals surface area contributed by atoms with E-state index in [0.717, 1.165) is 38.7 Å². The minimum atomic E-state index is -0.780. The molecule has 0 bridgehead atoms. The van der Waals surface area contributed by atoms with E-state index in [9.17, 15) is 10.2 Å². The molecule has 0 amide bonds. The summed E-state index contributed by atoms with van der Waals surface area (Å²) in [5.41, 5.74) is -0.582. The summed E-state index contributed by atoms with van der Waals surface area (Å²) >= 11 is 0. The van der Waals surface area contributed by atoms with Crippen molar-refractivity contribution in [2.24, 2.45) is 0 Å². The van der Waals surface area contributed by atoms with Gasteiger partial charge in [0, 0.05) is 6.61 Å². The molecule has 0 saturated heterocycles. The molecular weight excluding hydrogens is 733 g/mol. The van der Waals surface area contributed by atoms with Gasteiger partial charge < -0.3 is 14.9 Å². The molecule has 0 fully saturated rings. The van der Waals surface area contributed by atoms with E-state index < -0.39 is 11.7 Å². The zero-order valence-electron chi connectivity index (χ0n) is 41.9. The molecule has 60 heavy (non-hydrogen) atoms. The fraction of sp³-hybridized carbons (Fsp3) is 0.965. The van der Waals surface area contributed by atoms with Gasteiger partial charge in [0.15, 0.2) is 0 Å². The number of hydrogen-bond acceptors (Lipinski definition) is 3. The van der Waals surface area contributed by atoms with Crippen LogP contribution in [0, 0.1) is 0 Å². The van der Waals surface area contributed by atoms with Crippen molar-refractivity contribution >= 4 is 0 Å². The first-order valence-corrected chi connectivity index (χ1v) is 28.2. The SMILES string of the molecule is CCCCCCCCC=CCCCCCCCCC(CCCCCCCCCCCCCCCCCC)(OCCCCCCCCCCCCCCCCCC)C(O)CO. The molecule has 0 aliphatic rings. The van der Waals surface area contributed by atoms with Crippen molar-refractivity contribution in [3.63, 3.8) is 0 Å². The van der Waals surface area contributed by atoms with Gasteiger partial charge in [-0.25, -0.2) is 0 Å². The van der Waals surface area contributed by atoms with Crippen LogP contribution in [0.25, 0.3) is 0 Å². The topological polar surface area (TPSA) is 49.7 Å². The van der Waals surface area contributed by atoms with E-state index in [0.29, 0.717) is 0 Å². The quantitative estimate of drug-likeness (QED) is 0.0474. The predicted molar refractivity (Wildman–Crippen MR) is 270 cm³/mol. The summed E-state index contributed by atoms with van der Waals surface area (Å²) in [4.78, 5) is 0. The lowest BCUT2D eigenvalue weighted by Gasteiger charge is -2.38. The molecule has 3 heteroatoms. The van der Waals surface area contributed by atoms with E-state index >= 15 is 0 Å². The minimum Gasteiger partial charge on any atom is -0.394 e. The van der Waals surface area contributed by atoms with Gasteiger partial charge in [-0.05, 0) is 44.9 Å². The Morgan fingerprint density at radius 1 is 0.333 bits per heavy atom. The van der Waals surface area contributed by atoms with E-state index in [2.05, 4.69) is 32.9 Å². The van der Waals surface area contributed by atoms with E-state index in [1.807, 2.05) is 0 Å². The maximum atomic E-state index is 11.3. The Balaban J connectivity index is 4.46. The third kappa shape index (κ3) is 42.9. The van der Waals surface area contributed by atoms with Crippen LogP contribution >= 0.6 is 0 Å². The molecule has 0 saturated carbocycles. The Bertz CT molecular complexity index is 796. The van der Waals surface area contributed by atoms with E-state index in [-0.39, 0.29) is 6.61 Å². The van der Waals surface area contributed by atoms with Crippen LogP contribution in [-0.4, -0.2) is 35.1 Å². The summed E-state index contributed by atoms with van der Waals surface area (Å²) < 4.78 is 6.73. The number of unbranched alkanes of at least 4 members (excludes halogenated alkanes) is 42. The summed E-state index contributed by atoms with van der Waals surface area (Å²) in [7, 11) is 0. The largest absolute Gasteiger partial charge is 0.394 e. The van der Waals surface area contributed by atoms with Gasteiger partial charge in [0.1, 0.15) is 6.10 Å². The molecule has 0 aromatic heterocycles. The molecule has 2 atom stereocenters. The molecule has 0 aromatic carbocycles. The van der Waals surface area contributed by atoms with Gasteiger partial charge in [-0.3, -0.25) is 0 Å². The smallest absolute Gasteiger partial charge is 0.106 e. The van der Waals surface area contributed by atoms with Crippen LogP contribution in [0.4, 0.5) is 0 Å². The third-order valence-corrected chi connectivity index (χ3v) is 13.7. The number of hydrogen-bond donors (Lipinski definition) is 2. The monoisotopic (exact) mass is 847 g/mol. The van der Waals surface area contributed by atoms with Crippen molar-refractivity contribution in [2.45, 2.75) is 341 Å². The molecule has 2 N–H and O–H groups in total. The van der Waals surface area contributed by atoms with E-state index in [4.69, 9.17) is 4.74 Å². The Kier molecular flexibility index (Phi) is 50.9. The van der Waals surface area contributed by atoms with Crippen molar-refractivity contribution in [1.29, 1.82) is 0 Å². The van der Waals surface area contributed by atoms with Crippen LogP contribution in [0.3, 0.4) is 0 Å². The number of rotatable bonds is 53. The Morgan fingerprint density at radius 3 is 0.833 bits per heavy atom. The minimum absolute atomic E-state index is 0.190. The second-order valence-corrected chi connectivity index (χ2v) is 19.7. The van der Waals surface area contributed by atoms with Crippen LogP contribution in [0.1, 0.15) is 329 Å². The first kappa shape index (κ1) is 59.6. The fourth-order valence-corrected chi connectivity index (χ4v) is 9.43. The average Bonchev–Trinajstić information content (AvgIpc) is 3.26. The highest BCUT2D eigenvalue weighted by Gasteiger charge is 2.37. The number of allylic oxidation sites excluding steroid dienone is 2. The van der Waals surface area contributed by atoms with Crippen LogP contribution in [0.2, 0.25) is 0 Å². The molecule has 0 rings (SSSR count). The Morgan fingerprint density at radius 2 is 0.567 bits per heavy atom. The molecule has 3 nitrogen and oxygen atoms in total. The number of aliphatic hydroxyl groups is 2. The highest BCUT2D eigenvalue weighted by Crippen LogP contribution is 2.32. The summed E-state index contributed by atoms with van der Waals surface area (Å²) in [5, 5.41) is 21.5. The van der Waals surface area contributed by atoms with Gasteiger partial charge >= 0.3 is 0 Å². The molecule has 0 heterocycles. The molecule has 360 valence electrons. The summed E-state index contributed by atoms with van der Waals surface area (Å²) in [6.07, 6.45) is 68.0. The summed E-state index contributed by atoms with van der Waals surface area (Å²) in [5.74, 6) is 0. The van der Waals surface area contributed by atoms with Crippen LogP contribution in [0.15, 0.2) is 12.2 Å². The second-order valence-electron chi connectivity index (χ2n) is 19.7. The predicted octanol–water partition coefficient (Wildman–Crippen LogP) is 19.4. The Labute approximate surface area is 379 Å². The highest BCUT2D eigenvalue weighted by atomic mass is 16.5. The summed E-state index contributed by atoms with van der Waals surface area (Å²) in [6, 6.07) is 0. The normalized spacial score (nSPS) is 13.5. The summed E-state index contributed by atoms with van der Waals surface area (Å²) in [6.45, 7) is 7.43. The fourth-order valence-electron chi connectivity index (χ4n) is 9.43.